The van der Waals surface area contributed by atoms with E-state index in [-0.39, 0.29) is 17.7 Å². The molecule has 1 fully saturated rings. The molecule has 1 saturated heterocycles. The number of H-pyrrole nitrogens is 2. The number of piperidine rings is 1. The normalized spacial score (nSPS) is 17.2. The van der Waals surface area contributed by atoms with E-state index >= 15 is 0 Å². The van der Waals surface area contributed by atoms with Crippen LogP contribution in [0, 0.1) is 0 Å². The fourth-order valence-corrected chi connectivity index (χ4v) is 3.93. The zero-order chi connectivity index (χ0) is 21.4. The summed E-state index contributed by atoms with van der Waals surface area (Å²) in [4.78, 5) is 11.3. The average molecular weight is 427 g/mol. The van der Waals surface area contributed by atoms with E-state index in [2.05, 4.69) is 35.8 Å². The van der Waals surface area contributed by atoms with Gasteiger partial charge in [0.1, 0.15) is 5.56 Å². The molecule has 0 amide bonds. The Morgan fingerprint density at radius 3 is 2.74 bits per heavy atom. The highest BCUT2D eigenvalue weighted by Gasteiger charge is 2.36. The molecule has 5 rings (SSSR count). The molecule has 1 aliphatic heterocycles. The smallest absolute Gasteiger partial charge is 0.360 e. The lowest BCUT2D eigenvalue weighted by atomic mass is 10.0. The molecule has 0 bridgehead atoms. The molecular weight excluding hydrogens is 407 g/mol. The first-order chi connectivity index (χ1) is 15.0. The molecule has 4 N–H and O–H groups in total. The van der Waals surface area contributed by atoms with Gasteiger partial charge in [-0.05, 0) is 31.0 Å². The highest BCUT2D eigenvalue weighted by atomic mass is 19.4. The quantitative estimate of drug-likeness (QED) is 0.392. The van der Waals surface area contributed by atoms with Crippen LogP contribution in [0.3, 0.4) is 0 Å². The largest absolute Gasteiger partial charge is 0.419 e. The van der Waals surface area contributed by atoms with Crippen LogP contribution in [-0.2, 0) is 6.18 Å². The van der Waals surface area contributed by atoms with Crippen LogP contribution in [0.5, 0.6) is 0 Å². The molecular formula is C21H20F3N7. The number of rotatable bonds is 4. The number of anilines is 1. The van der Waals surface area contributed by atoms with Crippen molar-refractivity contribution in [2.75, 3.05) is 18.4 Å². The summed E-state index contributed by atoms with van der Waals surface area (Å²) in [5, 5.41) is 13.8. The number of nitrogens with one attached hydrogen (secondary N) is 4. The summed E-state index contributed by atoms with van der Waals surface area (Å²) in [5.74, 6) is 0.195. The lowest BCUT2D eigenvalue weighted by Gasteiger charge is -2.24. The Bertz CT molecular complexity index is 1190. The minimum atomic E-state index is -4.57. The van der Waals surface area contributed by atoms with Gasteiger partial charge in [0.15, 0.2) is 0 Å². The summed E-state index contributed by atoms with van der Waals surface area (Å²) in [6.07, 6.45) is 3.21. The van der Waals surface area contributed by atoms with E-state index in [9.17, 15) is 13.2 Å². The van der Waals surface area contributed by atoms with E-state index < -0.39 is 11.7 Å². The molecule has 0 radical (unpaired) electrons. The van der Waals surface area contributed by atoms with Crippen LogP contribution in [-0.4, -0.2) is 44.3 Å². The Morgan fingerprint density at radius 1 is 1.10 bits per heavy atom. The van der Waals surface area contributed by atoms with Crippen LogP contribution in [0.4, 0.5) is 19.1 Å². The van der Waals surface area contributed by atoms with Crippen LogP contribution < -0.4 is 10.6 Å². The first-order valence-corrected chi connectivity index (χ1v) is 10.0. The number of aromatic amines is 2. The Morgan fingerprint density at radius 2 is 2.00 bits per heavy atom. The van der Waals surface area contributed by atoms with Crippen molar-refractivity contribution in [2.24, 2.45) is 0 Å². The number of fused-ring (bicyclic) bond motifs is 1. The van der Waals surface area contributed by atoms with E-state index in [0.29, 0.717) is 16.5 Å². The van der Waals surface area contributed by atoms with Gasteiger partial charge in [0.05, 0.1) is 11.9 Å². The Hall–Kier alpha value is -3.40. The highest BCUT2D eigenvalue weighted by Crippen LogP contribution is 2.39. The maximum Gasteiger partial charge on any atom is 0.419 e. The van der Waals surface area contributed by atoms with Gasteiger partial charge in [-0.2, -0.15) is 18.3 Å². The molecule has 0 saturated carbocycles. The topological polar surface area (TPSA) is 94.3 Å². The molecule has 4 aromatic rings. The second-order valence-corrected chi connectivity index (χ2v) is 7.59. The van der Waals surface area contributed by atoms with E-state index in [4.69, 9.17) is 0 Å². The molecule has 0 spiro atoms. The summed E-state index contributed by atoms with van der Waals surface area (Å²) in [5.41, 5.74) is 1.89. The summed E-state index contributed by atoms with van der Waals surface area (Å²) in [6, 6.07) is 5.61. The highest BCUT2D eigenvalue weighted by molar-refractivity contribution is 5.97. The summed E-state index contributed by atoms with van der Waals surface area (Å²) >= 11 is 0. The van der Waals surface area contributed by atoms with Crippen LogP contribution in [0.1, 0.15) is 18.4 Å². The van der Waals surface area contributed by atoms with E-state index in [0.717, 1.165) is 43.3 Å². The second-order valence-electron chi connectivity index (χ2n) is 7.59. The predicted molar refractivity (Wildman–Crippen MR) is 111 cm³/mol. The molecule has 31 heavy (non-hydrogen) atoms. The zero-order valence-electron chi connectivity index (χ0n) is 16.4. The lowest BCUT2D eigenvalue weighted by molar-refractivity contribution is -0.137. The second kappa shape index (κ2) is 7.69. The van der Waals surface area contributed by atoms with Crippen molar-refractivity contribution < 1.29 is 13.2 Å². The lowest BCUT2D eigenvalue weighted by Crippen LogP contribution is -2.38. The molecule has 7 nitrogen and oxygen atoms in total. The third-order valence-corrected chi connectivity index (χ3v) is 5.49. The van der Waals surface area contributed by atoms with Gasteiger partial charge in [-0.15, -0.1) is 0 Å². The minimum Gasteiger partial charge on any atom is -0.360 e. The molecule has 0 aliphatic carbocycles. The van der Waals surface area contributed by atoms with Gasteiger partial charge in [0.25, 0.3) is 0 Å². The standard InChI is InChI=1S/C21H20F3N7/c22-21(23,24)17-11-27-20(30-14-2-1-5-25-9-14)31-19(17)16-10-26-18-6-12(3-4-15(16)18)13-7-28-29-8-13/h3-4,6-8,10-11,14,25-26H,1-2,5,9H2,(H,28,29)(H,27,30,31)/t14-/m0/s1. The van der Waals surface area contributed by atoms with Crippen molar-refractivity contribution in [1.82, 2.24) is 30.5 Å². The molecule has 160 valence electrons. The minimum absolute atomic E-state index is 0.0822. The Balaban J connectivity index is 1.57. The van der Waals surface area contributed by atoms with Crippen molar-refractivity contribution in [3.05, 3.63) is 48.5 Å². The van der Waals surface area contributed by atoms with Crippen LogP contribution >= 0.6 is 0 Å². The number of benzene rings is 1. The van der Waals surface area contributed by atoms with Gasteiger partial charge >= 0.3 is 6.18 Å². The number of alkyl halides is 3. The Kier molecular flexibility index (Phi) is 4.85. The van der Waals surface area contributed by atoms with Gasteiger partial charge < -0.3 is 15.6 Å². The first kappa shape index (κ1) is 19.6. The van der Waals surface area contributed by atoms with Gasteiger partial charge in [0, 0.05) is 53.2 Å². The molecule has 1 aromatic carbocycles. The molecule has 4 heterocycles. The number of hydrogen-bond donors (Lipinski definition) is 4. The summed E-state index contributed by atoms with van der Waals surface area (Å²) < 4.78 is 41.2. The third kappa shape index (κ3) is 3.86. The molecule has 1 aliphatic rings. The van der Waals surface area contributed by atoms with Gasteiger partial charge in [-0.25, -0.2) is 9.97 Å². The third-order valence-electron chi connectivity index (χ3n) is 5.49. The molecule has 1 atom stereocenters. The number of halogens is 3. The fraction of sp³-hybridized carbons (Fsp3) is 0.286. The van der Waals surface area contributed by atoms with Crippen LogP contribution in [0.2, 0.25) is 0 Å². The van der Waals surface area contributed by atoms with Gasteiger partial charge in [-0.1, -0.05) is 12.1 Å². The maximum atomic E-state index is 13.7. The van der Waals surface area contributed by atoms with Crippen molar-refractivity contribution in [2.45, 2.75) is 25.1 Å². The van der Waals surface area contributed by atoms with E-state index in [1.165, 1.54) is 0 Å². The van der Waals surface area contributed by atoms with Crippen molar-refractivity contribution >= 4 is 16.9 Å². The summed E-state index contributed by atoms with van der Waals surface area (Å²) in [6.45, 7) is 1.66. The van der Waals surface area contributed by atoms with E-state index in [1.54, 1.807) is 24.7 Å². The van der Waals surface area contributed by atoms with Crippen LogP contribution in [0.25, 0.3) is 33.3 Å². The number of nitrogens with zero attached hydrogens (tertiary/aromatic N) is 3. The number of hydrogen-bond acceptors (Lipinski definition) is 5. The predicted octanol–water partition coefficient (Wildman–Crippen LogP) is 4.20. The fourth-order valence-electron chi connectivity index (χ4n) is 3.93. The molecule has 10 heteroatoms. The van der Waals surface area contributed by atoms with Crippen molar-refractivity contribution in [1.29, 1.82) is 0 Å². The molecule has 0 unspecified atom stereocenters. The molecule has 3 aromatic heterocycles. The first-order valence-electron chi connectivity index (χ1n) is 10.0. The van der Waals surface area contributed by atoms with Gasteiger partial charge in [-0.3, -0.25) is 5.10 Å². The average Bonchev–Trinajstić information content (AvgIpc) is 3.43. The monoisotopic (exact) mass is 427 g/mol. The summed E-state index contributed by atoms with van der Waals surface area (Å²) in [7, 11) is 0. The number of aromatic nitrogens is 5. The zero-order valence-corrected chi connectivity index (χ0v) is 16.4. The van der Waals surface area contributed by atoms with E-state index in [1.807, 2.05) is 12.1 Å². The SMILES string of the molecule is FC(F)(F)c1cnc(N[C@H]2CCCNC2)nc1-c1c[nH]c2cc(-c3cn[nH]c3)ccc12. The maximum absolute atomic E-state index is 13.7. The van der Waals surface area contributed by atoms with Crippen molar-refractivity contribution in [3.63, 3.8) is 0 Å². The Labute approximate surface area is 175 Å². The van der Waals surface area contributed by atoms with Crippen LogP contribution in [0.15, 0.2) is 43.0 Å². The van der Waals surface area contributed by atoms with Crippen molar-refractivity contribution in [3.8, 4) is 22.4 Å². The van der Waals surface area contributed by atoms with Gasteiger partial charge in [0.2, 0.25) is 5.95 Å².